The summed E-state index contributed by atoms with van der Waals surface area (Å²) >= 11 is 25.1. The van der Waals surface area contributed by atoms with Gasteiger partial charge in [0.05, 0.1) is 22.9 Å². The minimum atomic E-state index is 0.133. The predicted molar refractivity (Wildman–Crippen MR) is 114 cm³/mol. The van der Waals surface area contributed by atoms with Crippen LogP contribution in [-0.2, 0) is 4.84 Å². The maximum atomic E-state index is 6.21. The lowest BCUT2D eigenvalue weighted by Crippen LogP contribution is -2.01. The lowest BCUT2D eigenvalue weighted by molar-refractivity contribution is 0.137. The molecule has 146 valence electrons. The van der Waals surface area contributed by atoms with Crippen LogP contribution in [0.2, 0.25) is 10.0 Å². The summed E-state index contributed by atoms with van der Waals surface area (Å²) in [6.07, 6.45) is 4.78. The smallest absolute Gasteiger partial charge is 0.156 e. The zero-order chi connectivity index (χ0) is 19.5. The first-order chi connectivity index (χ1) is 13.1. The number of ether oxygens (including phenoxy) is 2. The summed E-state index contributed by atoms with van der Waals surface area (Å²) in [6, 6.07) is 7.19. The Balaban J connectivity index is 1.68. The molecule has 2 aromatic rings. The number of oxime groups is 1. The van der Waals surface area contributed by atoms with Crippen molar-refractivity contribution in [3.63, 3.8) is 0 Å². The standard InChI is InChI=1S/C18H17Cl4NO3S/c19-15-10-13(24-8-5-17(21)22)11-16(20)18(15)25-6-1-2-7-26-23-12-14-4-3-9-27-14/h3-5,9-12H,1-2,6-8H2. The number of nitrogens with zero attached hydrogens (tertiary/aromatic N) is 1. The maximum absolute atomic E-state index is 6.21. The Kier molecular flexibility index (Phi) is 10.2. The first kappa shape index (κ1) is 22.2. The molecule has 27 heavy (non-hydrogen) atoms. The van der Waals surface area contributed by atoms with E-state index in [0.717, 1.165) is 17.7 Å². The third-order valence-electron chi connectivity index (χ3n) is 3.13. The summed E-state index contributed by atoms with van der Waals surface area (Å²) in [4.78, 5) is 6.26. The van der Waals surface area contributed by atoms with Gasteiger partial charge in [0.1, 0.15) is 23.5 Å². The van der Waals surface area contributed by atoms with Gasteiger partial charge in [-0.05, 0) is 30.4 Å². The molecule has 9 heteroatoms. The van der Waals surface area contributed by atoms with E-state index in [4.69, 9.17) is 60.7 Å². The number of unbranched alkanes of at least 4 members (excludes halogenated alkanes) is 1. The molecular weight excluding hydrogens is 452 g/mol. The Morgan fingerprint density at radius 3 is 2.48 bits per heavy atom. The van der Waals surface area contributed by atoms with Crippen LogP contribution in [-0.4, -0.2) is 26.0 Å². The van der Waals surface area contributed by atoms with E-state index in [2.05, 4.69) is 5.16 Å². The van der Waals surface area contributed by atoms with Crippen LogP contribution < -0.4 is 9.47 Å². The van der Waals surface area contributed by atoms with Crippen LogP contribution >= 0.6 is 57.7 Å². The highest BCUT2D eigenvalue weighted by Gasteiger charge is 2.10. The highest BCUT2D eigenvalue weighted by atomic mass is 35.5. The molecule has 0 unspecified atom stereocenters. The number of benzene rings is 1. The first-order valence-electron chi connectivity index (χ1n) is 8.01. The zero-order valence-electron chi connectivity index (χ0n) is 14.2. The molecule has 0 aliphatic rings. The van der Waals surface area contributed by atoms with E-state index in [1.165, 1.54) is 6.08 Å². The summed E-state index contributed by atoms with van der Waals surface area (Å²) in [5.74, 6) is 0.924. The van der Waals surface area contributed by atoms with Gasteiger partial charge in [-0.1, -0.05) is 57.6 Å². The van der Waals surface area contributed by atoms with Crippen LogP contribution in [0.4, 0.5) is 0 Å². The van der Waals surface area contributed by atoms with Gasteiger partial charge in [-0.15, -0.1) is 11.3 Å². The van der Waals surface area contributed by atoms with E-state index in [1.54, 1.807) is 29.7 Å². The van der Waals surface area contributed by atoms with Gasteiger partial charge in [0, 0.05) is 17.0 Å². The van der Waals surface area contributed by atoms with Gasteiger partial charge in [0.2, 0.25) is 0 Å². The Morgan fingerprint density at radius 1 is 1.07 bits per heavy atom. The van der Waals surface area contributed by atoms with Gasteiger partial charge in [0.15, 0.2) is 5.75 Å². The molecule has 0 aliphatic heterocycles. The van der Waals surface area contributed by atoms with Crippen LogP contribution in [0.15, 0.2) is 45.4 Å². The quantitative estimate of drug-likeness (QED) is 0.203. The molecule has 0 N–H and O–H groups in total. The van der Waals surface area contributed by atoms with Crippen LogP contribution in [0.1, 0.15) is 17.7 Å². The topological polar surface area (TPSA) is 40.0 Å². The highest BCUT2D eigenvalue weighted by Crippen LogP contribution is 2.37. The first-order valence-corrected chi connectivity index (χ1v) is 10.4. The Bertz CT molecular complexity index is 739. The fourth-order valence-electron chi connectivity index (χ4n) is 1.91. The van der Waals surface area contributed by atoms with E-state index in [-0.39, 0.29) is 11.1 Å². The van der Waals surface area contributed by atoms with E-state index in [9.17, 15) is 0 Å². The van der Waals surface area contributed by atoms with Crippen molar-refractivity contribution in [1.82, 2.24) is 0 Å². The maximum Gasteiger partial charge on any atom is 0.156 e. The number of hydrogen-bond acceptors (Lipinski definition) is 5. The second kappa shape index (κ2) is 12.4. The molecule has 0 radical (unpaired) electrons. The second-order valence-electron chi connectivity index (χ2n) is 5.16. The van der Waals surface area contributed by atoms with Crippen molar-refractivity contribution in [2.45, 2.75) is 12.8 Å². The lowest BCUT2D eigenvalue weighted by Gasteiger charge is -2.12. The van der Waals surface area contributed by atoms with Crippen LogP contribution in [0.5, 0.6) is 11.5 Å². The van der Waals surface area contributed by atoms with Crippen molar-refractivity contribution in [3.05, 3.63) is 55.1 Å². The monoisotopic (exact) mass is 467 g/mol. The van der Waals surface area contributed by atoms with Gasteiger partial charge in [0.25, 0.3) is 0 Å². The average molecular weight is 469 g/mol. The fraction of sp³-hybridized carbons (Fsp3) is 0.278. The van der Waals surface area contributed by atoms with Crippen LogP contribution in [0.25, 0.3) is 0 Å². The van der Waals surface area contributed by atoms with Gasteiger partial charge in [-0.25, -0.2) is 0 Å². The normalized spacial score (nSPS) is 10.8. The summed E-state index contributed by atoms with van der Waals surface area (Å²) in [5.41, 5.74) is 0. The third kappa shape index (κ3) is 8.62. The highest BCUT2D eigenvalue weighted by molar-refractivity contribution is 7.11. The minimum Gasteiger partial charge on any atom is -0.490 e. The van der Waals surface area contributed by atoms with Gasteiger partial charge < -0.3 is 14.3 Å². The lowest BCUT2D eigenvalue weighted by atomic mass is 10.3. The number of rotatable bonds is 11. The molecule has 0 aliphatic carbocycles. The number of hydrogen-bond donors (Lipinski definition) is 0. The molecule has 1 aromatic carbocycles. The molecule has 0 spiro atoms. The summed E-state index contributed by atoms with van der Waals surface area (Å²) in [5, 5.41) is 6.64. The Morgan fingerprint density at radius 2 is 1.81 bits per heavy atom. The van der Waals surface area contributed by atoms with E-state index in [1.807, 2.05) is 17.5 Å². The zero-order valence-corrected chi connectivity index (χ0v) is 18.0. The third-order valence-corrected chi connectivity index (χ3v) is 4.81. The molecule has 0 fully saturated rings. The second-order valence-corrected chi connectivity index (χ2v) is 7.96. The van der Waals surface area contributed by atoms with Gasteiger partial charge >= 0.3 is 0 Å². The van der Waals surface area contributed by atoms with Crippen LogP contribution in [0, 0.1) is 0 Å². The molecule has 0 amide bonds. The van der Waals surface area contributed by atoms with Crippen molar-refractivity contribution in [2.24, 2.45) is 5.16 Å². The largest absolute Gasteiger partial charge is 0.490 e. The van der Waals surface area contributed by atoms with Crippen molar-refractivity contribution in [3.8, 4) is 11.5 Å². The summed E-state index contributed by atoms with van der Waals surface area (Å²) < 4.78 is 11.2. The SMILES string of the molecule is ClC(Cl)=CCOc1cc(Cl)c(OCCCCON=Cc2cccs2)c(Cl)c1. The summed E-state index contributed by atoms with van der Waals surface area (Å²) in [6.45, 7) is 1.18. The van der Waals surface area contributed by atoms with E-state index in [0.29, 0.717) is 34.8 Å². The summed E-state index contributed by atoms with van der Waals surface area (Å²) in [7, 11) is 0. The molecule has 0 bridgehead atoms. The molecule has 1 aromatic heterocycles. The van der Waals surface area contributed by atoms with Gasteiger partial charge in [-0.3, -0.25) is 0 Å². The van der Waals surface area contributed by atoms with Crippen molar-refractivity contribution >= 4 is 64.0 Å². The van der Waals surface area contributed by atoms with Gasteiger partial charge in [-0.2, -0.15) is 0 Å². The minimum absolute atomic E-state index is 0.133. The number of thiophene rings is 1. The fourth-order valence-corrected chi connectivity index (χ4v) is 3.19. The Hall–Kier alpha value is -1.11. The van der Waals surface area contributed by atoms with Crippen molar-refractivity contribution in [1.29, 1.82) is 0 Å². The molecule has 2 rings (SSSR count). The number of halogens is 4. The molecule has 0 saturated carbocycles. The van der Waals surface area contributed by atoms with E-state index < -0.39 is 0 Å². The molecular formula is C18H17Cl4NO3S. The Labute approximate surface area is 182 Å². The molecule has 1 heterocycles. The van der Waals surface area contributed by atoms with Crippen molar-refractivity contribution in [2.75, 3.05) is 19.8 Å². The van der Waals surface area contributed by atoms with E-state index >= 15 is 0 Å². The predicted octanol–water partition coefficient (Wildman–Crippen LogP) is 6.96. The average Bonchev–Trinajstić information content (AvgIpc) is 3.12. The molecule has 4 nitrogen and oxygen atoms in total. The van der Waals surface area contributed by atoms with Crippen LogP contribution in [0.3, 0.4) is 0 Å². The van der Waals surface area contributed by atoms with Crippen molar-refractivity contribution < 1.29 is 14.3 Å². The molecule has 0 atom stereocenters. The molecule has 0 saturated heterocycles.